The van der Waals surface area contributed by atoms with Gasteiger partial charge in [-0.15, -0.1) is 0 Å². The van der Waals surface area contributed by atoms with Crippen LogP contribution in [-0.4, -0.2) is 29.1 Å². The number of carbonyl (C=O) groups excluding carboxylic acids is 1. The molecular formula is C20H29FN2O2. The maximum Gasteiger partial charge on any atom is 0.217 e. The highest BCUT2D eigenvalue weighted by molar-refractivity contribution is 5.73. The fraction of sp³-hybridized carbons (Fsp3) is 0.650. The molecule has 2 fully saturated rings. The molecule has 5 heteroatoms. The van der Waals surface area contributed by atoms with Gasteiger partial charge in [0, 0.05) is 25.0 Å². The molecule has 25 heavy (non-hydrogen) atoms. The van der Waals surface area contributed by atoms with Crippen molar-refractivity contribution in [3.8, 4) is 0 Å². The van der Waals surface area contributed by atoms with Crippen LogP contribution in [0.2, 0.25) is 0 Å². The van der Waals surface area contributed by atoms with Crippen LogP contribution in [0, 0.1) is 11.7 Å². The number of amides is 1. The van der Waals surface area contributed by atoms with Crippen LogP contribution in [0.3, 0.4) is 0 Å². The topological polar surface area (TPSA) is 61.4 Å². The zero-order chi connectivity index (χ0) is 17.8. The van der Waals surface area contributed by atoms with Gasteiger partial charge in [-0.25, -0.2) is 4.39 Å². The van der Waals surface area contributed by atoms with Gasteiger partial charge in [-0.2, -0.15) is 0 Å². The van der Waals surface area contributed by atoms with Crippen LogP contribution < -0.4 is 10.6 Å². The Hall–Kier alpha value is -1.46. The first-order valence-corrected chi connectivity index (χ1v) is 9.48. The lowest BCUT2D eigenvalue weighted by molar-refractivity contribution is -0.119. The summed E-state index contributed by atoms with van der Waals surface area (Å²) < 4.78 is 13.4. The van der Waals surface area contributed by atoms with Crippen LogP contribution in [0.1, 0.15) is 63.5 Å². The number of rotatable bonds is 5. The van der Waals surface area contributed by atoms with Crippen molar-refractivity contribution in [2.45, 2.75) is 76.1 Å². The van der Waals surface area contributed by atoms with Gasteiger partial charge in [0.2, 0.25) is 5.91 Å². The first-order chi connectivity index (χ1) is 12.0. The Labute approximate surface area is 149 Å². The van der Waals surface area contributed by atoms with E-state index < -0.39 is 6.10 Å². The molecule has 1 saturated heterocycles. The van der Waals surface area contributed by atoms with Gasteiger partial charge >= 0.3 is 0 Å². The summed E-state index contributed by atoms with van der Waals surface area (Å²) in [5.74, 6) is 0.449. The zero-order valence-electron chi connectivity index (χ0n) is 14.9. The number of nitrogens with one attached hydrogen (secondary N) is 2. The van der Waals surface area contributed by atoms with E-state index in [2.05, 4.69) is 10.6 Å². The summed E-state index contributed by atoms with van der Waals surface area (Å²) in [6.07, 6.45) is 6.88. The Morgan fingerprint density at radius 1 is 1.28 bits per heavy atom. The molecule has 3 rings (SSSR count). The van der Waals surface area contributed by atoms with Crippen LogP contribution >= 0.6 is 0 Å². The van der Waals surface area contributed by atoms with Crippen LogP contribution in [0.25, 0.3) is 0 Å². The van der Waals surface area contributed by atoms with Crippen molar-refractivity contribution in [3.63, 3.8) is 0 Å². The number of carbonyl (C=O) groups is 1. The number of aliphatic hydroxyl groups is 1. The molecular weight excluding hydrogens is 319 g/mol. The predicted molar refractivity (Wildman–Crippen MR) is 95.5 cm³/mol. The van der Waals surface area contributed by atoms with Crippen molar-refractivity contribution < 1.29 is 14.3 Å². The third-order valence-corrected chi connectivity index (χ3v) is 5.72. The minimum absolute atomic E-state index is 0.00233. The average molecular weight is 348 g/mol. The molecule has 4 nitrogen and oxygen atoms in total. The van der Waals surface area contributed by atoms with Crippen molar-refractivity contribution in [1.82, 2.24) is 10.6 Å². The lowest BCUT2D eigenvalue weighted by Crippen LogP contribution is -2.38. The molecule has 1 aromatic carbocycles. The molecule has 1 heterocycles. The monoisotopic (exact) mass is 348 g/mol. The molecule has 3 atom stereocenters. The first-order valence-electron chi connectivity index (χ1n) is 9.48. The van der Waals surface area contributed by atoms with Crippen molar-refractivity contribution in [2.75, 3.05) is 0 Å². The summed E-state index contributed by atoms with van der Waals surface area (Å²) in [4.78, 5) is 11.1. The summed E-state index contributed by atoms with van der Waals surface area (Å²) >= 11 is 0. The number of benzene rings is 1. The molecule has 1 aliphatic carbocycles. The summed E-state index contributed by atoms with van der Waals surface area (Å²) in [6.45, 7) is 1.58. The van der Waals surface area contributed by atoms with E-state index in [1.807, 2.05) is 0 Å². The Balaban J connectivity index is 1.45. The van der Waals surface area contributed by atoms with Crippen LogP contribution in [0.5, 0.6) is 0 Å². The highest BCUT2D eigenvalue weighted by Crippen LogP contribution is 2.32. The number of halogens is 1. The lowest BCUT2D eigenvalue weighted by Gasteiger charge is -2.30. The van der Waals surface area contributed by atoms with E-state index in [0.29, 0.717) is 23.6 Å². The van der Waals surface area contributed by atoms with E-state index in [0.717, 1.165) is 44.9 Å². The highest BCUT2D eigenvalue weighted by Gasteiger charge is 2.32. The predicted octanol–water partition coefficient (Wildman–Crippen LogP) is 3.06. The fourth-order valence-corrected chi connectivity index (χ4v) is 4.44. The largest absolute Gasteiger partial charge is 0.387 e. The normalized spacial score (nSPS) is 30.8. The molecule has 0 radical (unpaired) electrons. The van der Waals surface area contributed by atoms with Gasteiger partial charge in [-0.3, -0.25) is 4.79 Å². The molecule has 1 saturated carbocycles. The molecule has 138 valence electrons. The number of hydrogen-bond acceptors (Lipinski definition) is 3. The second kappa shape index (κ2) is 8.28. The lowest BCUT2D eigenvalue weighted by atomic mass is 9.82. The van der Waals surface area contributed by atoms with Gasteiger partial charge in [0.1, 0.15) is 5.82 Å². The summed E-state index contributed by atoms with van der Waals surface area (Å²) in [5.41, 5.74) is 0.647. The quantitative estimate of drug-likeness (QED) is 0.766. The second-order valence-electron chi connectivity index (χ2n) is 7.70. The van der Waals surface area contributed by atoms with Crippen molar-refractivity contribution >= 4 is 5.91 Å². The maximum absolute atomic E-state index is 13.4. The van der Waals surface area contributed by atoms with E-state index >= 15 is 0 Å². The molecule has 2 aliphatic rings. The molecule has 1 amide bonds. The van der Waals surface area contributed by atoms with Crippen LogP contribution in [0.4, 0.5) is 4.39 Å². The first kappa shape index (κ1) is 18.3. The third kappa shape index (κ3) is 5.02. The Morgan fingerprint density at radius 2 is 2.04 bits per heavy atom. The summed E-state index contributed by atoms with van der Waals surface area (Å²) in [6, 6.07) is 7.02. The summed E-state index contributed by atoms with van der Waals surface area (Å²) in [7, 11) is 0. The number of hydrogen-bond donors (Lipinski definition) is 3. The SMILES string of the molecule is CC(=O)NC1CCC(C[C@@H]2CC[C@H]([C@H](O)c3cccc(F)c3)N2)CC1. The molecule has 3 N–H and O–H groups in total. The molecule has 0 spiro atoms. The molecule has 1 aromatic rings. The number of aliphatic hydroxyl groups excluding tert-OH is 1. The zero-order valence-corrected chi connectivity index (χ0v) is 14.9. The molecule has 0 aromatic heterocycles. The van der Waals surface area contributed by atoms with Gasteiger partial charge in [0.25, 0.3) is 0 Å². The molecule has 0 unspecified atom stereocenters. The van der Waals surface area contributed by atoms with Gasteiger partial charge < -0.3 is 15.7 Å². The van der Waals surface area contributed by atoms with Crippen LogP contribution in [-0.2, 0) is 4.79 Å². The molecule has 0 bridgehead atoms. The Morgan fingerprint density at radius 3 is 2.72 bits per heavy atom. The van der Waals surface area contributed by atoms with E-state index in [4.69, 9.17) is 0 Å². The van der Waals surface area contributed by atoms with Gasteiger partial charge in [-0.1, -0.05) is 12.1 Å². The van der Waals surface area contributed by atoms with Gasteiger partial charge in [-0.05, 0) is 68.6 Å². The van der Waals surface area contributed by atoms with Crippen molar-refractivity contribution in [1.29, 1.82) is 0 Å². The van der Waals surface area contributed by atoms with E-state index in [-0.39, 0.29) is 17.8 Å². The minimum Gasteiger partial charge on any atom is -0.387 e. The van der Waals surface area contributed by atoms with Crippen LogP contribution in [0.15, 0.2) is 24.3 Å². The van der Waals surface area contributed by atoms with E-state index in [1.54, 1.807) is 19.1 Å². The second-order valence-corrected chi connectivity index (χ2v) is 7.70. The minimum atomic E-state index is -0.656. The fourth-order valence-electron chi connectivity index (χ4n) is 4.44. The average Bonchev–Trinajstić information content (AvgIpc) is 3.04. The summed E-state index contributed by atoms with van der Waals surface area (Å²) in [5, 5.41) is 17.1. The van der Waals surface area contributed by atoms with Gasteiger partial charge in [0.05, 0.1) is 6.10 Å². The van der Waals surface area contributed by atoms with Gasteiger partial charge in [0.15, 0.2) is 0 Å². The van der Waals surface area contributed by atoms with E-state index in [9.17, 15) is 14.3 Å². The smallest absolute Gasteiger partial charge is 0.217 e. The Bertz CT molecular complexity index is 587. The van der Waals surface area contributed by atoms with Crippen molar-refractivity contribution in [2.24, 2.45) is 5.92 Å². The standard InChI is InChI=1S/C20H29FN2O2/c1-13(24)22-17-7-5-14(6-8-17)11-18-9-10-19(23-18)20(25)15-3-2-4-16(21)12-15/h2-4,12,14,17-20,23,25H,5-11H2,1H3,(H,22,24)/t14?,17?,18-,19+,20+/m0/s1. The highest BCUT2D eigenvalue weighted by atomic mass is 19.1. The van der Waals surface area contributed by atoms with E-state index in [1.165, 1.54) is 12.1 Å². The maximum atomic E-state index is 13.4. The molecule has 1 aliphatic heterocycles. The Kier molecular flexibility index (Phi) is 6.07. The van der Waals surface area contributed by atoms with Crippen molar-refractivity contribution in [3.05, 3.63) is 35.6 Å². The third-order valence-electron chi connectivity index (χ3n) is 5.72.